The van der Waals surface area contributed by atoms with E-state index < -0.39 is 0 Å². The van der Waals surface area contributed by atoms with E-state index in [9.17, 15) is 9.59 Å². The van der Waals surface area contributed by atoms with Crippen LogP contribution in [0, 0.1) is 5.92 Å². The molecule has 0 spiro atoms. The van der Waals surface area contributed by atoms with Crippen LogP contribution in [-0.2, 0) is 11.3 Å². The molecule has 30 heavy (non-hydrogen) atoms. The number of fused-ring (bicyclic) bond motifs is 2. The van der Waals surface area contributed by atoms with E-state index in [-0.39, 0.29) is 11.5 Å². The molecule has 2 saturated heterocycles. The second kappa shape index (κ2) is 10.2. The molecule has 0 radical (unpaired) electrons. The molecule has 4 rings (SSSR count). The Balaban J connectivity index is 1.15. The molecule has 1 N–H and O–H groups in total. The average molecular weight is 411 g/mol. The molecule has 2 aliphatic rings. The molecule has 2 aliphatic heterocycles. The second-order valence-corrected chi connectivity index (χ2v) is 8.88. The summed E-state index contributed by atoms with van der Waals surface area (Å²) in [5, 5.41) is 3.86. The van der Waals surface area contributed by atoms with Crippen LogP contribution in [0.1, 0.15) is 57.8 Å². The number of hydrogen-bond acceptors (Lipinski definition) is 4. The van der Waals surface area contributed by atoms with Gasteiger partial charge in [-0.2, -0.15) is 0 Å². The van der Waals surface area contributed by atoms with Crippen LogP contribution in [0.25, 0.3) is 10.9 Å². The number of piperidine rings is 2. The number of nitrogens with one attached hydrogen (secondary N) is 1. The van der Waals surface area contributed by atoms with Crippen LogP contribution < -0.4 is 10.9 Å². The van der Waals surface area contributed by atoms with E-state index in [1.807, 2.05) is 24.3 Å². The molecule has 0 aliphatic carbocycles. The molecule has 2 unspecified atom stereocenters. The molecule has 0 bridgehead atoms. The monoisotopic (exact) mass is 410 g/mol. The summed E-state index contributed by atoms with van der Waals surface area (Å²) in [6.45, 7) is 3.96. The van der Waals surface area contributed by atoms with Crippen LogP contribution in [0.2, 0.25) is 0 Å². The molecule has 162 valence electrons. The van der Waals surface area contributed by atoms with Crippen molar-refractivity contribution in [2.45, 2.75) is 70.4 Å². The third-order valence-corrected chi connectivity index (χ3v) is 6.82. The minimum absolute atomic E-state index is 0.0163. The van der Waals surface area contributed by atoms with E-state index >= 15 is 0 Å². The number of carbonyl (C=O) groups is 1. The maximum absolute atomic E-state index is 12.5. The van der Waals surface area contributed by atoms with Crippen LogP contribution in [-0.4, -0.2) is 46.0 Å². The summed E-state index contributed by atoms with van der Waals surface area (Å²) in [4.78, 5) is 31.8. The summed E-state index contributed by atoms with van der Waals surface area (Å²) >= 11 is 0. The number of nitrogens with zero attached hydrogens (tertiary/aromatic N) is 3. The van der Waals surface area contributed by atoms with Gasteiger partial charge in [0.15, 0.2) is 0 Å². The van der Waals surface area contributed by atoms with Crippen molar-refractivity contribution in [2.24, 2.45) is 5.92 Å². The normalized spacial score (nSPS) is 22.0. The Morgan fingerprint density at radius 3 is 2.87 bits per heavy atom. The summed E-state index contributed by atoms with van der Waals surface area (Å²) in [5.41, 5.74) is 0.757. The molecule has 2 aromatic rings. The number of hydrogen-bond donors (Lipinski definition) is 1. The van der Waals surface area contributed by atoms with Crippen molar-refractivity contribution in [3.05, 3.63) is 40.9 Å². The van der Waals surface area contributed by atoms with Crippen LogP contribution in [0.5, 0.6) is 0 Å². The minimum Gasteiger partial charge on any atom is -0.356 e. The third-order valence-electron chi connectivity index (χ3n) is 6.82. The Bertz CT molecular complexity index is 907. The van der Waals surface area contributed by atoms with Crippen molar-refractivity contribution < 1.29 is 4.79 Å². The zero-order chi connectivity index (χ0) is 20.8. The summed E-state index contributed by atoms with van der Waals surface area (Å²) < 4.78 is 1.68. The van der Waals surface area contributed by atoms with Gasteiger partial charge in [-0.05, 0) is 69.7 Å². The van der Waals surface area contributed by atoms with E-state index in [2.05, 4.69) is 15.2 Å². The van der Waals surface area contributed by atoms with Gasteiger partial charge in [-0.15, -0.1) is 0 Å². The number of unbranched alkanes of at least 4 members (excludes halogenated alkanes) is 2. The van der Waals surface area contributed by atoms with Gasteiger partial charge in [0.1, 0.15) is 0 Å². The number of para-hydroxylation sites is 1. The lowest BCUT2D eigenvalue weighted by atomic mass is 9.83. The van der Waals surface area contributed by atoms with Gasteiger partial charge in [-0.3, -0.25) is 14.2 Å². The maximum Gasteiger partial charge on any atom is 0.261 e. The minimum atomic E-state index is 0.0163. The highest BCUT2D eigenvalue weighted by molar-refractivity contribution is 5.77. The van der Waals surface area contributed by atoms with E-state index in [0.29, 0.717) is 30.3 Å². The van der Waals surface area contributed by atoms with Gasteiger partial charge in [0.25, 0.3) is 5.56 Å². The average Bonchev–Trinajstić information content (AvgIpc) is 2.79. The first-order valence-electron chi connectivity index (χ1n) is 11.7. The number of carbonyl (C=O) groups excluding carboxylic acids is 1. The van der Waals surface area contributed by atoms with E-state index in [1.54, 1.807) is 10.9 Å². The molecule has 0 saturated carbocycles. The number of aromatic nitrogens is 2. The molecule has 1 aromatic heterocycles. The van der Waals surface area contributed by atoms with Crippen molar-refractivity contribution in [3.8, 4) is 0 Å². The van der Waals surface area contributed by atoms with E-state index in [1.165, 1.54) is 45.2 Å². The summed E-state index contributed by atoms with van der Waals surface area (Å²) in [6, 6.07) is 8.13. The standard InChI is InChI=1S/C24H34N4O2/c29-23(25-17-19-9-8-16-27-14-7-5-12-22(19)27)13-2-1-6-15-28-18-26-21-11-4-3-10-20(21)24(28)30/h3-4,10-11,18-19,22H,1-2,5-9,12-17H2,(H,25,29). The zero-order valence-electron chi connectivity index (χ0n) is 17.9. The highest BCUT2D eigenvalue weighted by Gasteiger charge is 2.32. The largest absolute Gasteiger partial charge is 0.356 e. The van der Waals surface area contributed by atoms with Crippen molar-refractivity contribution in [1.82, 2.24) is 19.8 Å². The van der Waals surface area contributed by atoms with E-state index in [0.717, 1.165) is 31.3 Å². The molecule has 3 heterocycles. The van der Waals surface area contributed by atoms with Gasteiger partial charge in [0.05, 0.1) is 17.2 Å². The van der Waals surface area contributed by atoms with E-state index in [4.69, 9.17) is 0 Å². The van der Waals surface area contributed by atoms with Gasteiger partial charge in [-0.25, -0.2) is 4.98 Å². The van der Waals surface area contributed by atoms with Gasteiger partial charge in [0, 0.05) is 25.6 Å². The first-order chi connectivity index (χ1) is 14.7. The summed E-state index contributed by atoms with van der Waals surface area (Å²) in [6.07, 6.45) is 11.4. The summed E-state index contributed by atoms with van der Waals surface area (Å²) in [5.74, 6) is 0.794. The Labute approximate surface area is 178 Å². The predicted molar refractivity (Wildman–Crippen MR) is 119 cm³/mol. The fraction of sp³-hybridized carbons (Fsp3) is 0.625. The van der Waals surface area contributed by atoms with Gasteiger partial charge < -0.3 is 10.2 Å². The lowest BCUT2D eigenvalue weighted by Crippen LogP contribution is -2.50. The quantitative estimate of drug-likeness (QED) is 0.678. The lowest BCUT2D eigenvalue weighted by Gasteiger charge is -2.44. The van der Waals surface area contributed by atoms with Crippen molar-refractivity contribution in [1.29, 1.82) is 0 Å². The molecule has 2 fully saturated rings. The van der Waals surface area contributed by atoms with Crippen LogP contribution >= 0.6 is 0 Å². The Hall–Kier alpha value is -2.21. The molecule has 6 nitrogen and oxygen atoms in total. The fourth-order valence-electron chi connectivity index (χ4n) is 5.16. The van der Waals surface area contributed by atoms with Crippen LogP contribution in [0.15, 0.2) is 35.4 Å². The highest BCUT2D eigenvalue weighted by atomic mass is 16.1. The maximum atomic E-state index is 12.5. The summed E-state index contributed by atoms with van der Waals surface area (Å²) in [7, 11) is 0. The topological polar surface area (TPSA) is 67.2 Å². The lowest BCUT2D eigenvalue weighted by molar-refractivity contribution is -0.121. The predicted octanol–water partition coefficient (Wildman–Crippen LogP) is 3.34. The first kappa shape index (κ1) is 21.0. The van der Waals surface area contributed by atoms with Gasteiger partial charge in [-0.1, -0.05) is 25.0 Å². The Morgan fingerprint density at radius 1 is 1.07 bits per heavy atom. The van der Waals surface area contributed by atoms with Crippen LogP contribution in [0.3, 0.4) is 0 Å². The third kappa shape index (κ3) is 5.09. The highest BCUT2D eigenvalue weighted by Crippen LogP contribution is 2.30. The van der Waals surface area contributed by atoms with Gasteiger partial charge >= 0.3 is 0 Å². The molecule has 1 aromatic carbocycles. The Kier molecular flexibility index (Phi) is 7.16. The Morgan fingerprint density at radius 2 is 1.93 bits per heavy atom. The van der Waals surface area contributed by atoms with Crippen molar-refractivity contribution in [2.75, 3.05) is 19.6 Å². The fourth-order valence-corrected chi connectivity index (χ4v) is 5.16. The molecular weight excluding hydrogens is 376 g/mol. The number of benzene rings is 1. The molecule has 2 atom stereocenters. The number of amides is 1. The van der Waals surface area contributed by atoms with Crippen LogP contribution in [0.4, 0.5) is 0 Å². The molecular formula is C24H34N4O2. The zero-order valence-corrected chi connectivity index (χ0v) is 17.9. The van der Waals surface area contributed by atoms with Gasteiger partial charge in [0.2, 0.25) is 5.91 Å². The SMILES string of the molecule is O=C(CCCCCn1cnc2ccccc2c1=O)NCC1CCCN2CCCCC12. The number of aryl methyl sites for hydroxylation is 1. The molecule has 6 heteroatoms. The molecule has 1 amide bonds. The first-order valence-corrected chi connectivity index (χ1v) is 11.7. The number of rotatable bonds is 8. The van der Waals surface area contributed by atoms with Crippen molar-refractivity contribution >= 4 is 16.8 Å². The second-order valence-electron chi connectivity index (χ2n) is 8.88. The van der Waals surface area contributed by atoms with Crippen molar-refractivity contribution in [3.63, 3.8) is 0 Å². The smallest absolute Gasteiger partial charge is 0.261 e.